The number of aryl methyl sites for hydroxylation is 2. The zero-order chi connectivity index (χ0) is 19.4. The number of aromatic nitrogens is 1. The van der Waals surface area contributed by atoms with Gasteiger partial charge in [-0.1, -0.05) is 5.16 Å². The number of rotatable bonds is 7. The van der Waals surface area contributed by atoms with Gasteiger partial charge in [-0.3, -0.25) is 9.69 Å². The van der Waals surface area contributed by atoms with Gasteiger partial charge in [0.05, 0.1) is 25.6 Å². The summed E-state index contributed by atoms with van der Waals surface area (Å²) in [5.74, 6) is 2.10. The molecule has 7 heteroatoms. The van der Waals surface area contributed by atoms with E-state index in [2.05, 4.69) is 15.4 Å². The molecule has 0 aliphatic carbocycles. The molecule has 0 saturated carbocycles. The van der Waals surface area contributed by atoms with Crippen LogP contribution in [0.3, 0.4) is 0 Å². The highest BCUT2D eigenvalue weighted by atomic mass is 16.5. The van der Waals surface area contributed by atoms with E-state index < -0.39 is 0 Å². The Labute approximate surface area is 159 Å². The Hall–Kier alpha value is -2.54. The van der Waals surface area contributed by atoms with Crippen LogP contribution >= 0.6 is 0 Å². The predicted octanol–water partition coefficient (Wildman–Crippen LogP) is 3.47. The molecule has 7 nitrogen and oxygen atoms in total. The highest BCUT2D eigenvalue weighted by Gasteiger charge is 2.30. The Kier molecular flexibility index (Phi) is 6.01. The molecule has 0 spiro atoms. The molecular formula is C20H27N3O4. The number of benzene rings is 1. The zero-order valence-corrected chi connectivity index (χ0v) is 16.4. The maximum Gasteiger partial charge on any atom is 0.225 e. The molecule has 1 N–H and O–H groups in total. The first-order valence-electron chi connectivity index (χ1n) is 9.22. The molecule has 1 saturated heterocycles. The van der Waals surface area contributed by atoms with Crippen molar-refractivity contribution in [2.75, 3.05) is 32.6 Å². The normalized spacial score (nSPS) is 17.1. The lowest BCUT2D eigenvalue weighted by molar-refractivity contribution is -0.116. The summed E-state index contributed by atoms with van der Waals surface area (Å²) in [6.45, 7) is 5.60. The van der Waals surface area contributed by atoms with Crippen LogP contribution < -0.4 is 14.8 Å². The van der Waals surface area contributed by atoms with Crippen molar-refractivity contribution in [3.05, 3.63) is 35.2 Å². The van der Waals surface area contributed by atoms with Gasteiger partial charge in [0.15, 0.2) is 0 Å². The van der Waals surface area contributed by atoms with Crippen molar-refractivity contribution in [3.8, 4) is 11.5 Å². The molecule has 0 unspecified atom stereocenters. The molecule has 1 aliphatic rings. The largest absolute Gasteiger partial charge is 0.497 e. The van der Waals surface area contributed by atoms with Gasteiger partial charge < -0.3 is 19.3 Å². The summed E-state index contributed by atoms with van der Waals surface area (Å²) in [6.07, 6.45) is 2.59. The number of likely N-dealkylation sites (tertiary alicyclic amines) is 1. The van der Waals surface area contributed by atoms with Crippen LogP contribution in [0.2, 0.25) is 0 Å². The van der Waals surface area contributed by atoms with Crippen molar-refractivity contribution < 1.29 is 18.8 Å². The number of anilines is 1. The van der Waals surface area contributed by atoms with Crippen LogP contribution in [0.15, 0.2) is 22.7 Å². The average Bonchev–Trinajstić information content (AvgIpc) is 3.25. The first-order chi connectivity index (χ1) is 13.0. The van der Waals surface area contributed by atoms with Crippen LogP contribution in [0, 0.1) is 13.8 Å². The van der Waals surface area contributed by atoms with Gasteiger partial charge in [0.1, 0.15) is 17.3 Å². The summed E-state index contributed by atoms with van der Waals surface area (Å²) >= 11 is 0. The van der Waals surface area contributed by atoms with Crippen LogP contribution in [0.5, 0.6) is 11.5 Å². The van der Waals surface area contributed by atoms with Crippen molar-refractivity contribution >= 4 is 11.6 Å². The smallest absolute Gasteiger partial charge is 0.225 e. The molecule has 2 heterocycles. The molecule has 146 valence electrons. The predicted molar refractivity (Wildman–Crippen MR) is 102 cm³/mol. The van der Waals surface area contributed by atoms with E-state index in [1.807, 2.05) is 13.8 Å². The number of methoxy groups -OCH3 is 2. The van der Waals surface area contributed by atoms with E-state index in [9.17, 15) is 4.79 Å². The van der Waals surface area contributed by atoms with E-state index in [0.29, 0.717) is 30.2 Å². The van der Waals surface area contributed by atoms with E-state index in [1.54, 1.807) is 32.4 Å². The number of carbonyl (C=O) groups is 1. The molecule has 27 heavy (non-hydrogen) atoms. The molecule has 0 radical (unpaired) electrons. The third-order valence-corrected chi connectivity index (χ3v) is 5.09. The lowest BCUT2D eigenvalue weighted by Crippen LogP contribution is -2.28. The molecule has 1 aliphatic heterocycles. The second-order valence-electron chi connectivity index (χ2n) is 6.80. The standard InChI is InChI=1S/C20H27N3O4/c1-13-20(14(2)27-22-13)17-6-5-10-23(17)11-9-19(24)21-16-8-7-15(25-3)12-18(16)26-4/h7-8,12,17H,5-6,9-11H2,1-4H3,(H,21,24)/t17-/m0/s1. The topological polar surface area (TPSA) is 76.8 Å². The van der Waals surface area contributed by atoms with E-state index in [0.717, 1.165) is 30.8 Å². The maximum atomic E-state index is 12.5. The molecule has 1 aromatic heterocycles. The van der Waals surface area contributed by atoms with Gasteiger partial charge in [0.25, 0.3) is 0 Å². The number of hydrogen-bond acceptors (Lipinski definition) is 6. The average molecular weight is 373 g/mol. The van der Waals surface area contributed by atoms with Crippen LogP contribution in [-0.2, 0) is 4.79 Å². The zero-order valence-electron chi connectivity index (χ0n) is 16.4. The number of ether oxygens (including phenoxy) is 2. The Morgan fingerprint density at radius 2 is 2.15 bits per heavy atom. The Balaban J connectivity index is 1.61. The first kappa shape index (κ1) is 19.2. The Bertz CT molecular complexity index is 783. The fraction of sp³-hybridized carbons (Fsp3) is 0.500. The van der Waals surface area contributed by atoms with E-state index in [1.165, 1.54) is 5.56 Å². The number of carbonyl (C=O) groups excluding carboxylic acids is 1. The van der Waals surface area contributed by atoms with Crippen LogP contribution in [0.1, 0.15) is 42.3 Å². The summed E-state index contributed by atoms with van der Waals surface area (Å²) in [5.41, 5.74) is 2.76. The van der Waals surface area contributed by atoms with E-state index in [-0.39, 0.29) is 11.9 Å². The SMILES string of the molecule is COc1ccc(NC(=O)CCN2CCC[C@H]2c2c(C)noc2C)c(OC)c1. The fourth-order valence-electron chi connectivity index (χ4n) is 3.75. The fourth-order valence-corrected chi connectivity index (χ4v) is 3.75. The van der Waals surface area contributed by atoms with Gasteiger partial charge >= 0.3 is 0 Å². The Morgan fingerprint density at radius 3 is 2.81 bits per heavy atom. The number of nitrogens with zero attached hydrogens (tertiary/aromatic N) is 2. The van der Waals surface area contributed by atoms with Crippen molar-refractivity contribution in [2.24, 2.45) is 0 Å². The summed E-state index contributed by atoms with van der Waals surface area (Å²) in [5, 5.41) is 7.01. The van der Waals surface area contributed by atoms with Gasteiger partial charge in [-0.15, -0.1) is 0 Å². The first-order valence-corrected chi connectivity index (χ1v) is 9.22. The quantitative estimate of drug-likeness (QED) is 0.801. The molecule has 1 amide bonds. The van der Waals surface area contributed by atoms with Crippen molar-refractivity contribution in [1.82, 2.24) is 10.1 Å². The van der Waals surface area contributed by atoms with Gasteiger partial charge in [0, 0.05) is 30.6 Å². The molecular weight excluding hydrogens is 346 g/mol. The third kappa shape index (κ3) is 4.24. The van der Waals surface area contributed by atoms with Crippen LogP contribution in [0.4, 0.5) is 5.69 Å². The van der Waals surface area contributed by atoms with Crippen LogP contribution in [0.25, 0.3) is 0 Å². The second-order valence-corrected chi connectivity index (χ2v) is 6.80. The van der Waals surface area contributed by atoms with Crippen molar-refractivity contribution in [3.63, 3.8) is 0 Å². The second kappa shape index (κ2) is 8.43. The molecule has 1 fully saturated rings. The molecule has 1 aromatic carbocycles. The van der Waals surface area contributed by atoms with Crippen molar-refractivity contribution in [2.45, 2.75) is 39.2 Å². The highest BCUT2D eigenvalue weighted by Crippen LogP contribution is 2.35. The van der Waals surface area contributed by atoms with Gasteiger partial charge in [-0.05, 0) is 45.4 Å². The Morgan fingerprint density at radius 1 is 1.33 bits per heavy atom. The minimum atomic E-state index is -0.0390. The number of hydrogen-bond donors (Lipinski definition) is 1. The molecule has 2 aromatic rings. The monoisotopic (exact) mass is 373 g/mol. The summed E-state index contributed by atoms with van der Waals surface area (Å²) in [6, 6.07) is 5.62. The number of amides is 1. The lowest BCUT2D eigenvalue weighted by Gasteiger charge is -2.24. The minimum absolute atomic E-state index is 0.0390. The molecule has 1 atom stereocenters. The lowest BCUT2D eigenvalue weighted by atomic mass is 10.0. The van der Waals surface area contributed by atoms with Gasteiger partial charge in [-0.2, -0.15) is 0 Å². The molecule has 0 bridgehead atoms. The number of nitrogens with one attached hydrogen (secondary N) is 1. The van der Waals surface area contributed by atoms with Gasteiger partial charge in [-0.25, -0.2) is 0 Å². The summed E-state index contributed by atoms with van der Waals surface area (Å²) in [7, 11) is 3.17. The van der Waals surface area contributed by atoms with E-state index >= 15 is 0 Å². The maximum absolute atomic E-state index is 12.5. The molecule has 3 rings (SSSR count). The summed E-state index contributed by atoms with van der Waals surface area (Å²) in [4.78, 5) is 14.8. The summed E-state index contributed by atoms with van der Waals surface area (Å²) < 4.78 is 15.8. The van der Waals surface area contributed by atoms with Crippen LogP contribution in [-0.4, -0.2) is 43.3 Å². The highest BCUT2D eigenvalue weighted by molar-refractivity contribution is 5.92. The third-order valence-electron chi connectivity index (χ3n) is 5.09. The van der Waals surface area contributed by atoms with Gasteiger partial charge in [0.2, 0.25) is 5.91 Å². The van der Waals surface area contributed by atoms with E-state index in [4.69, 9.17) is 14.0 Å². The minimum Gasteiger partial charge on any atom is -0.497 e. The van der Waals surface area contributed by atoms with Crippen molar-refractivity contribution in [1.29, 1.82) is 0 Å².